The van der Waals surface area contributed by atoms with Gasteiger partial charge in [-0.15, -0.1) is 0 Å². The molecule has 2 rings (SSSR count). The summed E-state index contributed by atoms with van der Waals surface area (Å²) in [7, 11) is -3.23. The van der Waals surface area contributed by atoms with Crippen molar-refractivity contribution >= 4 is 21.8 Å². The molecule has 0 saturated heterocycles. The van der Waals surface area contributed by atoms with E-state index in [1.165, 1.54) is 11.0 Å². The number of halogens is 2. The zero-order valence-electron chi connectivity index (χ0n) is 13.0. The summed E-state index contributed by atoms with van der Waals surface area (Å²) in [5, 5.41) is 0. The lowest BCUT2D eigenvalue weighted by Crippen LogP contribution is -2.43. The number of hydrogen-bond acceptors (Lipinski definition) is 3. The van der Waals surface area contributed by atoms with Crippen molar-refractivity contribution in [2.24, 2.45) is 0 Å². The summed E-state index contributed by atoms with van der Waals surface area (Å²) < 4.78 is 50.0. The Bertz CT molecular complexity index is 707. The fraction of sp³-hybridized carbons (Fsp3) is 0.438. The Kier molecular flexibility index (Phi) is 5.19. The van der Waals surface area contributed by atoms with Crippen molar-refractivity contribution in [2.75, 3.05) is 12.0 Å². The highest BCUT2D eigenvalue weighted by molar-refractivity contribution is 7.90. The largest absolute Gasteiger partial charge is 0.332 e. The number of rotatable bonds is 6. The van der Waals surface area contributed by atoms with E-state index in [9.17, 15) is 22.0 Å². The number of nitrogens with zero attached hydrogens (tertiary/aromatic N) is 1. The van der Waals surface area contributed by atoms with Gasteiger partial charge in [0.2, 0.25) is 5.91 Å². The summed E-state index contributed by atoms with van der Waals surface area (Å²) >= 11 is 0. The molecule has 0 aromatic heterocycles. The molecule has 0 radical (unpaired) electrons. The first-order valence-electron chi connectivity index (χ1n) is 7.31. The van der Waals surface area contributed by atoms with Crippen LogP contribution in [0.25, 0.3) is 6.08 Å². The smallest absolute Gasteiger partial charge is 0.247 e. The normalized spacial score (nSPS) is 16.5. The first-order chi connectivity index (χ1) is 10.7. The van der Waals surface area contributed by atoms with Gasteiger partial charge in [0, 0.05) is 30.0 Å². The second kappa shape index (κ2) is 6.78. The van der Waals surface area contributed by atoms with Crippen LogP contribution in [0.2, 0.25) is 0 Å². The summed E-state index contributed by atoms with van der Waals surface area (Å²) in [6.07, 6.45) is 4.92. The number of hydrogen-bond donors (Lipinski definition) is 0. The Morgan fingerprint density at radius 1 is 1.35 bits per heavy atom. The van der Waals surface area contributed by atoms with Crippen molar-refractivity contribution in [3.63, 3.8) is 0 Å². The van der Waals surface area contributed by atoms with Gasteiger partial charge in [-0.05, 0) is 38.0 Å². The third-order valence-electron chi connectivity index (χ3n) is 3.61. The number of carbonyl (C=O) groups is 1. The molecule has 0 aliphatic heterocycles. The molecular weight excluding hydrogens is 324 g/mol. The fourth-order valence-electron chi connectivity index (χ4n) is 2.54. The molecule has 126 valence electrons. The highest BCUT2D eigenvalue weighted by atomic mass is 32.2. The van der Waals surface area contributed by atoms with E-state index in [0.717, 1.165) is 43.4 Å². The first-order valence-corrected chi connectivity index (χ1v) is 9.37. The summed E-state index contributed by atoms with van der Waals surface area (Å²) in [6, 6.07) is 2.97. The van der Waals surface area contributed by atoms with Crippen LogP contribution in [0, 0.1) is 11.6 Å². The van der Waals surface area contributed by atoms with Crippen LogP contribution in [0.5, 0.6) is 0 Å². The molecule has 4 nitrogen and oxygen atoms in total. The minimum atomic E-state index is -3.23. The van der Waals surface area contributed by atoms with Gasteiger partial charge in [-0.2, -0.15) is 0 Å². The van der Waals surface area contributed by atoms with Gasteiger partial charge in [0.25, 0.3) is 0 Å². The predicted octanol–water partition coefficient (Wildman–Crippen LogP) is 2.40. The van der Waals surface area contributed by atoms with E-state index in [1.54, 1.807) is 6.92 Å². The SMILES string of the molecule is C[C@@H](CS(C)(=O)=O)N(C(=O)/C=C\c1c(F)cccc1F)C1CC1. The van der Waals surface area contributed by atoms with E-state index in [4.69, 9.17) is 0 Å². The third kappa shape index (κ3) is 4.86. The molecule has 1 aliphatic carbocycles. The Morgan fingerprint density at radius 2 is 1.91 bits per heavy atom. The van der Waals surface area contributed by atoms with E-state index in [-0.39, 0.29) is 17.4 Å². The monoisotopic (exact) mass is 343 g/mol. The quantitative estimate of drug-likeness (QED) is 0.746. The highest BCUT2D eigenvalue weighted by Gasteiger charge is 2.35. The molecule has 1 aliphatic rings. The van der Waals surface area contributed by atoms with Gasteiger partial charge < -0.3 is 4.90 Å². The molecule has 0 N–H and O–H groups in total. The summed E-state index contributed by atoms with van der Waals surface area (Å²) in [5.74, 6) is -2.09. The topological polar surface area (TPSA) is 54.5 Å². The second-order valence-electron chi connectivity index (χ2n) is 5.89. The van der Waals surface area contributed by atoms with Gasteiger partial charge in [0.15, 0.2) is 0 Å². The Morgan fingerprint density at radius 3 is 2.39 bits per heavy atom. The van der Waals surface area contributed by atoms with Crippen molar-refractivity contribution in [3.8, 4) is 0 Å². The minimum Gasteiger partial charge on any atom is -0.332 e. The van der Waals surface area contributed by atoms with Crippen molar-refractivity contribution in [1.29, 1.82) is 0 Å². The van der Waals surface area contributed by atoms with Crippen molar-refractivity contribution in [2.45, 2.75) is 31.8 Å². The van der Waals surface area contributed by atoms with Crippen LogP contribution in [0.4, 0.5) is 8.78 Å². The number of amides is 1. The molecule has 1 atom stereocenters. The standard InChI is InChI=1S/C16H19F2NO3S/c1-11(10-23(2,21)22)19(12-6-7-12)16(20)9-8-13-14(17)4-3-5-15(13)18/h3-5,8-9,11-12H,6-7,10H2,1-2H3/b9-8-/t11-/m0/s1. The van der Waals surface area contributed by atoms with Crippen LogP contribution >= 0.6 is 0 Å². The zero-order valence-corrected chi connectivity index (χ0v) is 13.8. The average Bonchev–Trinajstić information content (AvgIpc) is 3.20. The number of benzene rings is 1. The van der Waals surface area contributed by atoms with E-state index in [0.29, 0.717) is 0 Å². The van der Waals surface area contributed by atoms with Gasteiger partial charge in [-0.3, -0.25) is 4.79 Å². The van der Waals surface area contributed by atoms with Crippen LogP contribution in [0.1, 0.15) is 25.3 Å². The first kappa shape index (κ1) is 17.6. The Hall–Kier alpha value is -1.76. The molecular formula is C16H19F2NO3S. The second-order valence-corrected chi connectivity index (χ2v) is 8.07. The van der Waals surface area contributed by atoms with Crippen molar-refractivity contribution in [3.05, 3.63) is 41.5 Å². The Labute approximate surface area is 134 Å². The maximum absolute atomic E-state index is 13.6. The van der Waals surface area contributed by atoms with E-state index in [2.05, 4.69) is 0 Å². The zero-order chi connectivity index (χ0) is 17.2. The molecule has 1 saturated carbocycles. The highest BCUT2D eigenvalue weighted by Crippen LogP contribution is 2.29. The van der Waals surface area contributed by atoms with Gasteiger partial charge in [-0.25, -0.2) is 17.2 Å². The third-order valence-corrected chi connectivity index (χ3v) is 4.69. The van der Waals surface area contributed by atoms with Gasteiger partial charge >= 0.3 is 0 Å². The van der Waals surface area contributed by atoms with Crippen LogP contribution < -0.4 is 0 Å². The summed E-state index contributed by atoms with van der Waals surface area (Å²) in [6.45, 7) is 1.66. The summed E-state index contributed by atoms with van der Waals surface area (Å²) in [4.78, 5) is 13.8. The minimum absolute atomic E-state index is 0.00522. The molecule has 7 heteroatoms. The van der Waals surface area contributed by atoms with Gasteiger partial charge in [0.05, 0.1) is 5.75 Å². The molecule has 23 heavy (non-hydrogen) atoms. The lowest BCUT2D eigenvalue weighted by Gasteiger charge is -2.27. The predicted molar refractivity (Wildman–Crippen MR) is 84.4 cm³/mol. The lowest BCUT2D eigenvalue weighted by atomic mass is 10.1. The van der Waals surface area contributed by atoms with Crippen LogP contribution in [-0.4, -0.2) is 43.3 Å². The Balaban J connectivity index is 2.17. The molecule has 0 spiro atoms. The number of sulfone groups is 1. The fourth-order valence-corrected chi connectivity index (χ4v) is 3.58. The van der Waals surface area contributed by atoms with Crippen LogP contribution in [-0.2, 0) is 14.6 Å². The molecule has 0 bridgehead atoms. The molecule has 0 heterocycles. The summed E-state index contributed by atoms with van der Waals surface area (Å²) in [5.41, 5.74) is -0.285. The molecule has 1 fully saturated rings. The maximum Gasteiger partial charge on any atom is 0.247 e. The van der Waals surface area contributed by atoms with Crippen molar-refractivity contribution in [1.82, 2.24) is 4.90 Å². The lowest BCUT2D eigenvalue weighted by molar-refractivity contribution is -0.128. The van der Waals surface area contributed by atoms with Gasteiger partial charge in [-0.1, -0.05) is 6.07 Å². The molecule has 0 unspecified atom stereocenters. The van der Waals surface area contributed by atoms with Crippen LogP contribution in [0.3, 0.4) is 0 Å². The maximum atomic E-state index is 13.6. The molecule has 1 aromatic rings. The number of carbonyl (C=O) groups excluding carboxylic acids is 1. The van der Waals surface area contributed by atoms with Gasteiger partial charge in [0.1, 0.15) is 21.5 Å². The molecule has 1 aromatic carbocycles. The van der Waals surface area contributed by atoms with Crippen molar-refractivity contribution < 1.29 is 22.0 Å². The average molecular weight is 343 g/mol. The van der Waals surface area contributed by atoms with E-state index >= 15 is 0 Å². The van der Waals surface area contributed by atoms with E-state index < -0.39 is 33.4 Å². The van der Waals surface area contributed by atoms with E-state index in [1.807, 2.05) is 0 Å². The van der Waals surface area contributed by atoms with Crippen LogP contribution in [0.15, 0.2) is 24.3 Å². The molecule has 1 amide bonds.